The molecule has 30 heteroatoms. The first-order chi connectivity index (χ1) is 57.3. The summed E-state index contributed by atoms with van der Waals surface area (Å²) >= 11 is 11.0. The molecule has 13 rings (SSSR count). The van der Waals surface area contributed by atoms with Crippen molar-refractivity contribution in [1.29, 1.82) is 0 Å². The molecule has 0 saturated heterocycles. The minimum atomic E-state index is -3.80. The number of carbonyl (C=O) groups excluding carboxylic acids is 1. The number of thioether (sulfide) groups is 2. The van der Waals surface area contributed by atoms with E-state index in [1.807, 2.05) is 201 Å². The Morgan fingerprint density at radius 1 is 0.383 bits per heavy atom. The van der Waals surface area contributed by atoms with Crippen molar-refractivity contribution in [2.45, 2.75) is 31.5 Å². The second kappa shape index (κ2) is 56.9. The first-order valence-electron chi connectivity index (χ1n) is 37.2. The predicted octanol–water partition coefficient (Wildman–Crippen LogP) is 12.3. The number of aryl methyl sites for hydroxylation is 1. The van der Waals surface area contributed by atoms with Crippen LogP contribution in [0.5, 0.6) is 17.2 Å². The van der Waals surface area contributed by atoms with Crippen molar-refractivity contribution in [3.8, 4) is 119 Å². The number of hydrogen-bond donors (Lipinski definition) is 4. The molecule has 0 unspecified atom stereocenters. The molecule has 2 N–H and O–H groups in total. The van der Waals surface area contributed by atoms with E-state index in [2.05, 4.69) is 84.3 Å². The second-order valence-corrected chi connectivity index (χ2v) is 29.9. The van der Waals surface area contributed by atoms with Gasteiger partial charge in [-0.25, -0.2) is 15.0 Å². The standard InChI is InChI=1S/C53H50N6O5S2.C32H29N3O5S.C3H8OS2.CH2O3.CH4.2Cs/c60-43(37-65-31-29-61-25-27-63-44-17-13-39(14-18-44)41-33-50(46-9-1-5-21-54-46)58-51(34-41)47-10-2-6-22-55-47)38-66-32-30-62-26-28-64-45-19-15-40(16-20-45)42-35-52(48-11-3-7-23-56-48)59-53(36-42)49-12-4-8-24-57-49;1-24-8-14-28(15-9-24)41(36,37)40-21-19-38-18-20-39-27-12-10-25(11-13-27)26-22-31(29-6-2-4-16-33-29)35-32(23-26)30-7-3-5-17-34-30;4-3(1-5)2-6;2-1-4-3;;;/h1-24,33-36,43,60H,25-32,37-38H2;2-17,22-23H,18-21H2,1H3;3-6H,1-2H2;1,3H;1H4;;/q;;;;;;+1/p-1. The van der Waals surface area contributed by atoms with Crippen LogP contribution in [0.25, 0.3) is 102 Å². The Labute approximate surface area is 838 Å². The van der Waals surface area contributed by atoms with Gasteiger partial charge in [-0.05, 0) is 198 Å². The van der Waals surface area contributed by atoms with Crippen molar-refractivity contribution in [2.24, 2.45) is 0 Å². The van der Waals surface area contributed by atoms with Crippen molar-refractivity contribution in [1.82, 2.24) is 44.9 Å². The van der Waals surface area contributed by atoms with Crippen molar-refractivity contribution in [3.05, 3.63) is 285 Å². The van der Waals surface area contributed by atoms with Crippen LogP contribution in [0.1, 0.15) is 13.0 Å². The summed E-state index contributed by atoms with van der Waals surface area (Å²) in [6.45, 7) is 5.43. The SMILES string of the molecule is C.Cc1ccc(S(=O)(=O)OCCOCCOc2ccc(-c3cc(-c4ccccn4)nc(-c4ccccn4)c3)cc2)cc1.O=CO[O-].OC(CS)CS.OC(CSCCOCCOc1ccc(-c2cc(-c3ccccn3)nc(-c3ccccn3)c2)cc1)CSCCOCCOc1ccc(-c2cc(-c3ccccn3)nc(-c3ccccn3)c2)cc1.[Cs+].[Cs]. The molecule has 13 aromatic rings. The van der Waals surface area contributed by atoms with Gasteiger partial charge in [-0.3, -0.25) is 38.9 Å². The summed E-state index contributed by atoms with van der Waals surface area (Å²) in [7, 11) is -3.80. The van der Waals surface area contributed by atoms with Crippen LogP contribution in [0.4, 0.5) is 0 Å². The van der Waals surface area contributed by atoms with Gasteiger partial charge in [0, 0.05) is 141 Å². The van der Waals surface area contributed by atoms with E-state index in [0.717, 1.165) is 130 Å². The van der Waals surface area contributed by atoms with Crippen molar-refractivity contribution in [2.75, 3.05) is 101 Å². The number of aliphatic hydroxyl groups excluding tert-OH is 2. The number of hydrogen-bond acceptors (Lipinski definition) is 27. The molecule has 4 aromatic carbocycles. The number of pyridine rings is 9. The van der Waals surface area contributed by atoms with Crippen LogP contribution in [0.2, 0.25) is 0 Å². The van der Waals surface area contributed by atoms with Gasteiger partial charge in [-0.2, -0.15) is 57.2 Å². The average molecular weight is 1950 g/mol. The summed E-state index contributed by atoms with van der Waals surface area (Å²) < 4.78 is 64.2. The van der Waals surface area contributed by atoms with E-state index in [0.29, 0.717) is 81.6 Å². The molecule has 0 aliphatic rings. The van der Waals surface area contributed by atoms with Gasteiger partial charge in [-0.1, -0.05) is 97.9 Å². The molecule has 0 fully saturated rings. The van der Waals surface area contributed by atoms with Crippen molar-refractivity contribution < 1.29 is 135 Å². The summed E-state index contributed by atoms with van der Waals surface area (Å²) in [4.78, 5) is 52.9. The number of ether oxygens (including phenoxy) is 6. The van der Waals surface area contributed by atoms with Gasteiger partial charge in [0.25, 0.3) is 16.6 Å². The smallest absolute Gasteiger partial charge is 0.662 e. The Kier molecular flexibility index (Phi) is 47.6. The third-order valence-electron chi connectivity index (χ3n) is 16.7. The molecule has 0 aliphatic carbocycles. The predicted molar refractivity (Wildman–Crippen MR) is 476 cm³/mol. The summed E-state index contributed by atoms with van der Waals surface area (Å²) in [6, 6.07) is 77.3. The zero-order valence-electron chi connectivity index (χ0n) is 66.0. The van der Waals surface area contributed by atoms with E-state index in [-0.39, 0.29) is 182 Å². The Balaban J connectivity index is 0.000000314. The van der Waals surface area contributed by atoms with Crippen LogP contribution in [0.3, 0.4) is 0 Å². The molecule has 9 heterocycles. The topological polar surface area (TPSA) is 305 Å². The number of carbonyl (C=O) groups is 1. The van der Waals surface area contributed by atoms with E-state index < -0.39 is 10.1 Å². The second-order valence-electron chi connectivity index (χ2n) is 25.2. The average Bonchev–Trinajstić information content (AvgIpc) is 0.812. The zero-order chi connectivity index (χ0) is 81.9. The molecular formula is C90H92Cs2N9O14S5. The molecule has 613 valence electrons. The van der Waals surface area contributed by atoms with Gasteiger partial charge in [0.15, 0.2) is 0 Å². The summed E-state index contributed by atoms with van der Waals surface area (Å²) in [6.07, 6.45) is 9.87. The molecule has 0 amide bonds. The molecule has 120 heavy (non-hydrogen) atoms. The minimum Gasteiger partial charge on any atom is -0.662 e. The van der Waals surface area contributed by atoms with Crippen LogP contribution in [0, 0.1) is 6.92 Å². The summed E-state index contributed by atoms with van der Waals surface area (Å²) in [5.41, 5.74) is 16.5. The maximum atomic E-state index is 12.2. The molecule has 0 aliphatic heterocycles. The maximum absolute atomic E-state index is 12.2. The fraction of sp³-hybridized carbons (Fsp3) is 0.222. The molecular weight excluding hydrogens is 1860 g/mol. The van der Waals surface area contributed by atoms with E-state index >= 15 is 0 Å². The number of thiol groups is 2. The maximum Gasteiger partial charge on any atom is 1.00 e. The van der Waals surface area contributed by atoms with Crippen LogP contribution in [-0.2, 0) is 38.2 Å². The van der Waals surface area contributed by atoms with Gasteiger partial charge in [0.05, 0.1) is 132 Å². The number of aromatic nitrogens is 9. The first kappa shape index (κ1) is 100. The quantitative estimate of drug-likeness (QED) is 0.00695. The third-order valence-corrected chi connectivity index (χ3v) is 21.0. The van der Waals surface area contributed by atoms with E-state index in [9.17, 15) is 13.5 Å². The zero-order valence-corrected chi connectivity index (χ0v) is 82.8. The number of nitrogens with zero attached hydrogens (tertiary/aromatic N) is 9. The molecule has 23 nitrogen and oxygen atoms in total. The molecule has 0 bridgehead atoms. The fourth-order valence-corrected chi connectivity index (χ4v) is 14.0. The molecule has 1 radical (unpaired) electrons. The monoisotopic (exact) mass is 1950 g/mol. The van der Waals surface area contributed by atoms with Crippen LogP contribution in [0.15, 0.2) is 285 Å². The van der Waals surface area contributed by atoms with Gasteiger partial charge < -0.3 is 48.8 Å². The van der Waals surface area contributed by atoms with Gasteiger partial charge in [-0.15, -0.1) is 0 Å². The molecule has 0 atom stereocenters. The first-order valence-corrected chi connectivity index (χ1v) is 42.2. The largest absolute Gasteiger partial charge is 1.00 e. The van der Waals surface area contributed by atoms with Gasteiger partial charge in [0.1, 0.15) is 37.1 Å². The Morgan fingerprint density at radius 2 is 0.658 bits per heavy atom. The van der Waals surface area contributed by atoms with E-state index in [1.54, 1.807) is 72.8 Å². The van der Waals surface area contributed by atoms with Gasteiger partial charge >= 0.3 is 68.9 Å². The molecule has 0 spiro atoms. The van der Waals surface area contributed by atoms with Gasteiger partial charge in [0.2, 0.25) is 0 Å². The number of benzene rings is 4. The van der Waals surface area contributed by atoms with Crippen molar-refractivity contribution >= 4 is 134 Å². The summed E-state index contributed by atoms with van der Waals surface area (Å²) in [5, 5.41) is 27.4. The summed E-state index contributed by atoms with van der Waals surface area (Å²) in [5.74, 6) is 6.18. The third kappa shape index (κ3) is 34.8. The fourth-order valence-electron chi connectivity index (χ4n) is 10.9. The molecule has 0 saturated carbocycles. The van der Waals surface area contributed by atoms with Crippen LogP contribution < -0.4 is 88.4 Å². The number of rotatable bonds is 39. The Hall–Kier alpha value is -6.73. The minimum absolute atomic E-state index is 0. The normalized spacial score (nSPS) is 10.7. The number of aliphatic hydroxyl groups is 2. The molecule has 9 aromatic heterocycles. The Bertz CT molecular complexity index is 4800. The van der Waals surface area contributed by atoms with Crippen LogP contribution in [-0.4, -0.2) is 252 Å². The Morgan fingerprint density at radius 3 is 0.908 bits per heavy atom. The van der Waals surface area contributed by atoms with Crippen LogP contribution >= 0.6 is 48.8 Å². The van der Waals surface area contributed by atoms with E-state index in [4.69, 9.17) is 62.7 Å². The van der Waals surface area contributed by atoms with Crippen molar-refractivity contribution in [3.63, 3.8) is 0 Å². The van der Waals surface area contributed by atoms with E-state index in [1.165, 1.54) is 12.1 Å².